The molecule has 2 heterocycles. The number of hydrazone groups is 1. The Balaban J connectivity index is 1.89. The standard InChI is InChI=1S/C18H17N3O2/c1-11-10-15(14-6-4-5-7-16(14)19-11)18(22)21-20-13(3)17-9-8-12(2)23-17/h4-10H,1-3H3,(H,21,22). The molecule has 3 rings (SSSR count). The summed E-state index contributed by atoms with van der Waals surface area (Å²) in [5, 5.41) is 4.93. The lowest BCUT2D eigenvalue weighted by Crippen LogP contribution is -2.20. The number of furan rings is 1. The molecule has 5 nitrogen and oxygen atoms in total. The van der Waals surface area contributed by atoms with Gasteiger partial charge in [-0.15, -0.1) is 0 Å². The number of benzene rings is 1. The van der Waals surface area contributed by atoms with Crippen molar-refractivity contribution in [3.63, 3.8) is 0 Å². The van der Waals surface area contributed by atoms with Crippen molar-refractivity contribution in [3.8, 4) is 0 Å². The lowest BCUT2D eigenvalue weighted by molar-refractivity contribution is 0.0956. The Morgan fingerprint density at radius 3 is 2.70 bits per heavy atom. The summed E-state index contributed by atoms with van der Waals surface area (Å²) in [5.74, 6) is 1.17. The Hall–Kier alpha value is -2.95. The van der Waals surface area contributed by atoms with Crippen LogP contribution >= 0.6 is 0 Å². The third-order valence-electron chi connectivity index (χ3n) is 3.51. The number of rotatable bonds is 3. The molecule has 1 N–H and O–H groups in total. The van der Waals surface area contributed by atoms with Crippen molar-refractivity contribution < 1.29 is 9.21 Å². The summed E-state index contributed by atoms with van der Waals surface area (Å²) in [6.45, 7) is 5.51. The number of nitrogens with zero attached hydrogens (tertiary/aromatic N) is 2. The summed E-state index contributed by atoms with van der Waals surface area (Å²) in [6, 6.07) is 13.0. The molecule has 0 bridgehead atoms. The Morgan fingerprint density at radius 1 is 1.17 bits per heavy atom. The van der Waals surface area contributed by atoms with Gasteiger partial charge in [-0.2, -0.15) is 5.10 Å². The van der Waals surface area contributed by atoms with Crippen LogP contribution in [-0.4, -0.2) is 16.6 Å². The van der Waals surface area contributed by atoms with E-state index >= 15 is 0 Å². The second-order valence-electron chi connectivity index (χ2n) is 5.38. The van der Waals surface area contributed by atoms with Crippen molar-refractivity contribution in [3.05, 3.63) is 65.2 Å². The molecule has 1 amide bonds. The number of nitrogens with one attached hydrogen (secondary N) is 1. The number of fused-ring (bicyclic) bond motifs is 1. The lowest BCUT2D eigenvalue weighted by atomic mass is 10.1. The predicted octanol–water partition coefficient (Wildman–Crippen LogP) is 3.60. The smallest absolute Gasteiger partial charge is 0.272 e. The molecule has 0 radical (unpaired) electrons. The first-order valence-corrected chi connectivity index (χ1v) is 7.32. The molecule has 0 saturated heterocycles. The molecule has 0 atom stereocenters. The maximum absolute atomic E-state index is 12.5. The van der Waals surface area contributed by atoms with E-state index in [-0.39, 0.29) is 5.91 Å². The zero-order valence-electron chi connectivity index (χ0n) is 13.3. The fraction of sp³-hybridized carbons (Fsp3) is 0.167. The van der Waals surface area contributed by atoms with E-state index in [4.69, 9.17) is 4.42 Å². The molecule has 116 valence electrons. The van der Waals surface area contributed by atoms with Crippen LogP contribution in [0.25, 0.3) is 10.9 Å². The second-order valence-corrected chi connectivity index (χ2v) is 5.38. The summed E-state index contributed by atoms with van der Waals surface area (Å²) < 4.78 is 5.48. The minimum atomic E-state index is -0.269. The first kappa shape index (κ1) is 15.0. The molecule has 5 heteroatoms. The maximum Gasteiger partial charge on any atom is 0.272 e. The predicted molar refractivity (Wildman–Crippen MR) is 89.6 cm³/mol. The Kier molecular flexibility index (Phi) is 3.93. The number of amides is 1. The van der Waals surface area contributed by atoms with E-state index < -0.39 is 0 Å². The van der Waals surface area contributed by atoms with Gasteiger partial charge in [0.15, 0.2) is 0 Å². The Bertz CT molecular complexity index is 910. The first-order chi connectivity index (χ1) is 11.0. The fourth-order valence-corrected chi connectivity index (χ4v) is 2.37. The second kappa shape index (κ2) is 6.04. The minimum absolute atomic E-state index is 0.269. The molecule has 0 aliphatic carbocycles. The van der Waals surface area contributed by atoms with Crippen molar-refractivity contribution in [2.75, 3.05) is 0 Å². The van der Waals surface area contributed by atoms with E-state index in [1.165, 1.54) is 0 Å². The molecule has 0 aliphatic heterocycles. The van der Waals surface area contributed by atoms with Crippen molar-refractivity contribution in [1.82, 2.24) is 10.4 Å². The van der Waals surface area contributed by atoms with E-state index in [9.17, 15) is 4.79 Å². The largest absolute Gasteiger partial charge is 0.460 e. The number of para-hydroxylation sites is 1. The van der Waals surface area contributed by atoms with E-state index in [0.29, 0.717) is 17.0 Å². The van der Waals surface area contributed by atoms with Crippen LogP contribution in [0.4, 0.5) is 0 Å². The van der Waals surface area contributed by atoms with Crippen molar-refractivity contribution in [2.24, 2.45) is 5.10 Å². The number of aryl methyl sites for hydroxylation is 2. The van der Waals surface area contributed by atoms with E-state index in [0.717, 1.165) is 22.4 Å². The Morgan fingerprint density at radius 2 is 1.96 bits per heavy atom. The lowest BCUT2D eigenvalue weighted by Gasteiger charge is -2.06. The number of carbonyl (C=O) groups is 1. The van der Waals surface area contributed by atoms with Crippen LogP contribution in [0.5, 0.6) is 0 Å². The van der Waals surface area contributed by atoms with Crippen molar-refractivity contribution in [2.45, 2.75) is 20.8 Å². The molecule has 23 heavy (non-hydrogen) atoms. The molecule has 2 aromatic heterocycles. The van der Waals surface area contributed by atoms with E-state index in [1.807, 2.05) is 50.2 Å². The van der Waals surface area contributed by atoms with Crippen LogP contribution in [0.15, 0.2) is 52.0 Å². The maximum atomic E-state index is 12.5. The number of carbonyl (C=O) groups excluding carboxylic acids is 1. The molecule has 0 unspecified atom stereocenters. The van der Waals surface area contributed by atoms with Crippen LogP contribution in [0.3, 0.4) is 0 Å². The van der Waals surface area contributed by atoms with Gasteiger partial charge in [0.05, 0.1) is 11.1 Å². The summed E-state index contributed by atoms with van der Waals surface area (Å²) >= 11 is 0. The number of hydrogen-bond donors (Lipinski definition) is 1. The third kappa shape index (κ3) is 3.13. The average Bonchev–Trinajstić information content (AvgIpc) is 2.98. The average molecular weight is 307 g/mol. The van der Waals surface area contributed by atoms with Crippen LogP contribution in [0.2, 0.25) is 0 Å². The van der Waals surface area contributed by atoms with Gasteiger partial charge in [-0.1, -0.05) is 18.2 Å². The van der Waals surface area contributed by atoms with Gasteiger partial charge in [-0.3, -0.25) is 9.78 Å². The van der Waals surface area contributed by atoms with Crippen LogP contribution in [0.1, 0.15) is 34.5 Å². The SMILES string of the molecule is CC(=NNC(=O)c1cc(C)nc2ccccc12)c1ccc(C)o1. The molecular formula is C18H17N3O2. The van der Waals surface area contributed by atoms with Gasteiger partial charge < -0.3 is 4.42 Å². The van der Waals surface area contributed by atoms with Crippen molar-refractivity contribution >= 4 is 22.5 Å². The van der Waals surface area contributed by atoms with Crippen LogP contribution < -0.4 is 5.43 Å². The van der Waals surface area contributed by atoms with Gasteiger partial charge in [0.25, 0.3) is 5.91 Å². The summed E-state index contributed by atoms with van der Waals surface area (Å²) in [5.41, 5.74) is 5.34. The van der Waals surface area contributed by atoms with Gasteiger partial charge in [0, 0.05) is 11.1 Å². The van der Waals surface area contributed by atoms with E-state index in [1.54, 1.807) is 13.0 Å². The normalized spacial score (nSPS) is 11.7. The van der Waals surface area contributed by atoms with E-state index in [2.05, 4.69) is 15.5 Å². The van der Waals surface area contributed by atoms with Gasteiger partial charge in [0.2, 0.25) is 0 Å². The quantitative estimate of drug-likeness (QED) is 0.594. The van der Waals surface area contributed by atoms with Crippen molar-refractivity contribution in [1.29, 1.82) is 0 Å². The van der Waals surface area contributed by atoms with Crippen LogP contribution in [-0.2, 0) is 0 Å². The highest BCUT2D eigenvalue weighted by molar-refractivity contribution is 6.07. The monoisotopic (exact) mass is 307 g/mol. The number of hydrogen-bond acceptors (Lipinski definition) is 4. The summed E-state index contributed by atoms with van der Waals surface area (Å²) in [6.07, 6.45) is 0. The van der Waals surface area contributed by atoms with Crippen LogP contribution in [0, 0.1) is 13.8 Å². The molecule has 0 aliphatic rings. The topological polar surface area (TPSA) is 67.5 Å². The Labute approximate surface area is 134 Å². The third-order valence-corrected chi connectivity index (χ3v) is 3.51. The number of aromatic nitrogens is 1. The summed E-state index contributed by atoms with van der Waals surface area (Å²) in [4.78, 5) is 16.9. The zero-order valence-corrected chi connectivity index (χ0v) is 13.3. The molecule has 1 aromatic carbocycles. The fourth-order valence-electron chi connectivity index (χ4n) is 2.37. The molecule has 0 fully saturated rings. The molecule has 0 spiro atoms. The highest BCUT2D eigenvalue weighted by Crippen LogP contribution is 2.18. The molecular weight excluding hydrogens is 290 g/mol. The number of pyridine rings is 1. The van der Waals surface area contributed by atoms with Gasteiger partial charge in [-0.05, 0) is 45.0 Å². The molecule has 3 aromatic rings. The van der Waals surface area contributed by atoms with Gasteiger partial charge >= 0.3 is 0 Å². The zero-order chi connectivity index (χ0) is 16.4. The summed E-state index contributed by atoms with van der Waals surface area (Å²) in [7, 11) is 0. The highest BCUT2D eigenvalue weighted by atomic mass is 16.3. The molecule has 0 saturated carbocycles. The van der Waals surface area contributed by atoms with Gasteiger partial charge in [0.1, 0.15) is 17.2 Å². The minimum Gasteiger partial charge on any atom is -0.460 e. The highest BCUT2D eigenvalue weighted by Gasteiger charge is 2.12. The first-order valence-electron chi connectivity index (χ1n) is 7.32. The van der Waals surface area contributed by atoms with Gasteiger partial charge in [-0.25, -0.2) is 5.43 Å².